The molecule has 1 aliphatic heterocycles. The van der Waals surface area contributed by atoms with Crippen molar-refractivity contribution in [3.8, 4) is 0 Å². The highest BCUT2D eigenvalue weighted by atomic mass is 16.5. The normalized spacial score (nSPS) is 20.5. The van der Waals surface area contributed by atoms with Gasteiger partial charge in [-0.05, 0) is 46.6 Å². The van der Waals surface area contributed by atoms with Gasteiger partial charge < -0.3 is 15.4 Å². The number of aryl methyl sites for hydroxylation is 2. The second kappa shape index (κ2) is 7.05. The lowest BCUT2D eigenvalue weighted by Crippen LogP contribution is -2.46. The van der Waals surface area contributed by atoms with Crippen molar-refractivity contribution in [3.05, 3.63) is 17.5 Å². The third-order valence-electron chi connectivity index (χ3n) is 3.68. The van der Waals surface area contributed by atoms with Crippen LogP contribution in [0.1, 0.15) is 44.5 Å². The van der Waals surface area contributed by atoms with Gasteiger partial charge in [0.2, 0.25) is 11.9 Å². The number of carbonyl (C=O) groups is 1. The first kappa shape index (κ1) is 16.7. The summed E-state index contributed by atoms with van der Waals surface area (Å²) in [5, 5.41) is 6.19. The lowest BCUT2D eigenvalue weighted by Gasteiger charge is -2.35. The minimum atomic E-state index is -0.151. The van der Waals surface area contributed by atoms with E-state index in [-0.39, 0.29) is 17.6 Å². The summed E-state index contributed by atoms with van der Waals surface area (Å²) < 4.78 is 5.66. The minimum absolute atomic E-state index is 0.0552. The Kier molecular flexibility index (Phi) is 5.34. The molecule has 2 heterocycles. The molecule has 0 saturated carbocycles. The van der Waals surface area contributed by atoms with E-state index in [0.29, 0.717) is 25.5 Å². The molecule has 6 nitrogen and oxygen atoms in total. The van der Waals surface area contributed by atoms with Crippen LogP contribution in [-0.4, -0.2) is 40.7 Å². The Morgan fingerprint density at radius 1 is 1.36 bits per heavy atom. The Bertz CT molecular complexity index is 511. The summed E-state index contributed by atoms with van der Waals surface area (Å²) >= 11 is 0. The summed E-state index contributed by atoms with van der Waals surface area (Å²) in [5.74, 6) is 0.636. The molecule has 0 radical (unpaired) electrons. The van der Waals surface area contributed by atoms with Crippen molar-refractivity contribution in [3.63, 3.8) is 0 Å². The second-order valence-corrected chi connectivity index (χ2v) is 6.52. The van der Waals surface area contributed by atoms with Crippen LogP contribution in [0, 0.1) is 13.8 Å². The Morgan fingerprint density at radius 2 is 2.05 bits per heavy atom. The van der Waals surface area contributed by atoms with Crippen LogP contribution in [0.2, 0.25) is 0 Å². The van der Waals surface area contributed by atoms with Crippen LogP contribution in [0.3, 0.4) is 0 Å². The molecule has 1 aliphatic rings. The zero-order chi connectivity index (χ0) is 16.2. The van der Waals surface area contributed by atoms with Crippen molar-refractivity contribution in [2.24, 2.45) is 0 Å². The summed E-state index contributed by atoms with van der Waals surface area (Å²) in [6.45, 7) is 9.21. The quantitative estimate of drug-likeness (QED) is 0.870. The average Bonchev–Trinajstić information content (AvgIpc) is 2.36. The maximum atomic E-state index is 12.0. The summed E-state index contributed by atoms with van der Waals surface area (Å²) in [5.41, 5.74) is 1.69. The predicted molar refractivity (Wildman–Crippen MR) is 85.8 cm³/mol. The molecular weight excluding hydrogens is 280 g/mol. The van der Waals surface area contributed by atoms with Crippen LogP contribution in [0.25, 0.3) is 0 Å². The standard InChI is InChI=1S/C16H26N4O2/c1-11-9-12(2)19-15(18-11)17-7-5-14(21)20-13-6-8-22-16(3,4)10-13/h9,13H,5-8,10H2,1-4H3,(H,20,21)(H,17,18,19). The molecule has 1 atom stereocenters. The summed E-state index contributed by atoms with van der Waals surface area (Å²) in [6.07, 6.45) is 2.14. The van der Waals surface area contributed by atoms with Gasteiger partial charge in [-0.15, -0.1) is 0 Å². The fourth-order valence-electron chi connectivity index (χ4n) is 2.75. The first-order chi connectivity index (χ1) is 10.3. The van der Waals surface area contributed by atoms with Crippen molar-refractivity contribution in [2.75, 3.05) is 18.5 Å². The zero-order valence-electron chi connectivity index (χ0n) is 13.9. The Labute approximate surface area is 132 Å². The number of ether oxygens (including phenoxy) is 1. The van der Waals surface area contributed by atoms with Gasteiger partial charge in [0.15, 0.2) is 0 Å². The number of aromatic nitrogens is 2. The number of nitrogens with one attached hydrogen (secondary N) is 2. The number of nitrogens with zero attached hydrogens (tertiary/aromatic N) is 2. The lowest BCUT2D eigenvalue weighted by molar-refractivity contribution is -0.123. The van der Waals surface area contributed by atoms with E-state index in [4.69, 9.17) is 4.74 Å². The number of hydrogen-bond acceptors (Lipinski definition) is 5. The van der Waals surface area contributed by atoms with E-state index in [1.165, 1.54) is 0 Å². The fourth-order valence-corrected chi connectivity index (χ4v) is 2.75. The molecule has 1 aromatic heterocycles. The van der Waals surface area contributed by atoms with E-state index in [0.717, 1.165) is 24.2 Å². The highest BCUT2D eigenvalue weighted by molar-refractivity contribution is 5.76. The maximum absolute atomic E-state index is 12.0. The average molecular weight is 306 g/mol. The molecule has 2 N–H and O–H groups in total. The molecule has 1 aromatic rings. The van der Waals surface area contributed by atoms with Crippen molar-refractivity contribution < 1.29 is 9.53 Å². The molecule has 0 aliphatic carbocycles. The first-order valence-corrected chi connectivity index (χ1v) is 7.83. The van der Waals surface area contributed by atoms with Crippen molar-refractivity contribution in [2.45, 2.75) is 58.6 Å². The Morgan fingerprint density at radius 3 is 2.68 bits per heavy atom. The number of anilines is 1. The van der Waals surface area contributed by atoms with Crippen molar-refractivity contribution in [1.29, 1.82) is 0 Å². The number of rotatable bonds is 5. The van der Waals surface area contributed by atoms with Crippen LogP contribution >= 0.6 is 0 Å². The van der Waals surface area contributed by atoms with Gasteiger partial charge in [-0.3, -0.25) is 4.79 Å². The molecular formula is C16H26N4O2. The minimum Gasteiger partial charge on any atom is -0.375 e. The van der Waals surface area contributed by atoms with Crippen LogP contribution in [0.5, 0.6) is 0 Å². The molecule has 1 unspecified atom stereocenters. The van der Waals surface area contributed by atoms with Gasteiger partial charge in [-0.2, -0.15) is 0 Å². The van der Waals surface area contributed by atoms with Gasteiger partial charge in [0.1, 0.15) is 0 Å². The summed E-state index contributed by atoms with van der Waals surface area (Å²) in [4.78, 5) is 20.6. The van der Waals surface area contributed by atoms with Crippen molar-refractivity contribution in [1.82, 2.24) is 15.3 Å². The van der Waals surface area contributed by atoms with Gasteiger partial charge in [0.25, 0.3) is 0 Å². The van der Waals surface area contributed by atoms with E-state index >= 15 is 0 Å². The van der Waals surface area contributed by atoms with Crippen molar-refractivity contribution >= 4 is 11.9 Å². The molecule has 1 amide bonds. The van der Waals surface area contributed by atoms with E-state index in [9.17, 15) is 4.79 Å². The van der Waals surface area contributed by atoms with E-state index < -0.39 is 0 Å². The Balaban J connectivity index is 1.73. The van der Waals surface area contributed by atoms with E-state index in [1.54, 1.807) is 0 Å². The molecule has 2 rings (SSSR count). The third-order valence-corrected chi connectivity index (χ3v) is 3.68. The third kappa shape index (κ3) is 5.26. The predicted octanol–water partition coefficient (Wildman–Crippen LogP) is 1.97. The summed E-state index contributed by atoms with van der Waals surface area (Å²) in [7, 11) is 0. The van der Waals surface area contributed by atoms with Crippen LogP contribution in [0.4, 0.5) is 5.95 Å². The smallest absolute Gasteiger partial charge is 0.223 e. The Hall–Kier alpha value is -1.69. The van der Waals surface area contributed by atoms with E-state index in [2.05, 4.69) is 34.4 Å². The van der Waals surface area contributed by atoms with E-state index in [1.807, 2.05) is 19.9 Å². The summed E-state index contributed by atoms with van der Waals surface area (Å²) in [6, 6.07) is 2.12. The lowest BCUT2D eigenvalue weighted by atomic mass is 9.94. The van der Waals surface area contributed by atoms with Crippen LogP contribution in [0.15, 0.2) is 6.07 Å². The monoisotopic (exact) mass is 306 g/mol. The largest absolute Gasteiger partial charge is 0.375 e. The molecule has 122 valence electrons. The topological polar surface area (TPSA) is 76.1 Å². The molecule has 1 saturated heterocycles. The number of amides is 1. The highest BCUT2D eigenvalue weighted by Gasteiger charge is 2.29. The fraction of sp³-hybridized carbons (Fsp3) is 0.688. The second-order valence-electron chi connectivity index (χ2n) is 6.52. The van der Waals surface area contributed by atoms with Gasteiger partial charge in [-0.25, -0.2) is 9.97 Å². The molecule has 22 heavy (non-hydrogen) atoms. The molecule has 6 heteroatoms. The van der Waals surface area contributed by atoms with Crippen LogP contribution in [-0.2, 0) is 9.53 Å². The molecule has 0 spiro atoms. The highest BCUT2D eigenvalue weighted by Crippen LogP contribution is 2.23. The number of carbonyl (C=O) groups excluding carboxylic acids is 1. The van der Waals surface area contributed by atoms with Gasteiger partial charge >= 0.3 is 0 Å². The number of hydrogen-bond donors (Lipinski definition) is 2. The van der Waals surface area contributed by atoms with Gasteiger partial charge in [0, 0.05) is 37.0 Å². The zero-order valence-corrected chi connectivity index (χ0v) is 13.9. The molecule has 0 bridgehead atoms. The molecule has 0 aromatic carbocycles. The maximum Gasteiger partial charge on any atom is 0.223 e. The SMILES string of the molecule is Cc1cc(C)nc(NCCC(=O)NC2CCOC(C)(C)C2)n1. The molecule has 1 fully saturated rings. The van der Waals surface area contributed by atoms with Crippen LogP contribution < -0.4 is 10.6 Å². The first-order valence-electron chi connectivity index (χ1n) is 7.83. The van der Waals surface area contributed by atoms with Gasteiger partial charge in [0.05, 0.1) is 5.60 Å². The van der Waals surface area contributed by atoms with Gasteiger partial charge in [-0.1, -0.05) is 0 Å².